The van der Waals surface area contributed by atoms with Gasteiger partial charge in [0.15, 0.2) is 17.2 Å². The number of hydrogen-bond donors (Lipinski definition) is 0. The molecule has 1 saturated heterocycles. The molecule has 24 heavy (non-hydrogen) atoms. The van der Waals surface area contributed by atoms with E-state index >= 15 is 0 Å². The Balaban J connectivity index is 1.52. The van der Waals surface area contributed by atoms with Crippen molar-refractivity contribution in [2.75, 3.05) is 0 Å². The van der Waals surface area contributed by atoms with Crippen molar-refractivity contribution < 1.29 is 14.3 Å². The molecular weight excluding hydrogens is 300 g/mol. The Bertz CT molecular complexity index is 679. The van der Waals surface area contributed by atoms with Gasteiger partial charge >= 0.3 is 0 Å². The summed E-state index contributed by atoms with van der Waals surface area (Å²) in [5, 5.41) is 0. The molecule has 0 spiro atoms. The number of ether oxygens (including phenoxy) is 1. The summed E-state index contributed by atoms with van der Waals surface area (Å²) in [7, 11) is 0. The highest BCUT2D eigenvalue weighted by Gasteiger charge is 2.79. The number of carbonyl (C=O) groups excluding carboxylic acids is 2. The molecule has 4 unspecified atom stereocenters. The van der Waals surface area contributed by atoms with Gasteiger partial charge in [0, 0.05) is 11.8 Å². The Kier molecular flexibility index (Phi) is 2.81. The zero-order valence-electron chi connectivity index (χ0n) is 15.1. The predicted octanol–water partition coefficient (Wildman–Crippen LogP) is 3.85. The van der Waals surface area contributed by atoms with Crippen molar-refractivity contribution >= 4 is 11.6 Å². The lowest BCUT2D eigenvalue weighted by Gasteiger charge is -2.58. The summed E-state index contributed by atoms with van der Waals surface area (Å²) in [5.41, 5.74) is 1.22. The first-order valence-corrected chi connectivity index (χ1v) is 9.76. The summed E-state index contributed by atoms with van der Waals surface area (Å²) in [5.74, 6) is 2.58. The Hall–Kier alpha value is -0.960. The minimum absolute atomic E-state index is 0.0345. The molecule has 0 amide bonds. The second-order valence-electron chi connectivity index (χ2n) is 9.56. The minimum Gasteiger partial charge on any atom is -0.357 e. The summed E-state index contributed by atoms with van der Waals surface area (Å²) < 4.78 is 5.99. The monoisotopic (exact) mass is 328 g/mol. The van der Waals surface area contributed by atoms with Crippen molar-refractivity contribution in [3.8, 4) is 0 Å². The van der Waals surface area contributed by atoms with Crippen LogP contribution in [0.2, 0.25) is 0 Å². The third kappa shape index (κ3) is 1.54. The number of epoxide rings is 1. The van der Waals surface area contributed by atoms with Gasteiger partial charge in [0.05, 0.1) is 6.10 Å². The lowest BCUT2D eigenvalue weighted by atomic mass is 9.46. The van der Waals surface area contributed by atoms with Crippen LogP contribution in [0.3, 0.4) is 0 Å². The van der Waals surface area contributed by atoms with E-state index in [1.54, 1.807) is 6.92 Å². The Morgan fingerprint density at radius 1 is 1.17 bits per heavy atom. The first-order chi connectivity index (χ1) is 11.3. The van der Waals surface area contributed by atoms with E-state index in [9.17, 15) is 9.59 Å². The van der Waals surface area contributed by atoms with Crippen LogP contribution in [-0.2, 0) is 14.3 Å². The molecule has 0 aromatic carbocycles. The van der Waals surface area contributed by atoms with Crippen molar-refractivity contribution in [3.63, 3.8) is 0 Å². The average Bonchev–Trinajstić information content (AvgIpc) is 3.21. The molecule has 130 valence electrons. The van der Waals surface area contributed by atoms with E-state index in [2.05, 4.69) is 13.8 Å². The summed E-state index contributed by atoms with van der Waals surface area (Å²) in [6, 6.07) is 0. The van der Waals surface area contributed by atoms with Crippen LogP contribution in [0.4, 0.5) is 0 Å². The van der Waals surface area contributed by atoms with Crippen LogP contribution >= 0.6 is 0 Å². The summed E-state index contributed by atoms with van der Waals surface area (Å²) in [4.78, 5) is 24.3. The highest BCUT2D eigenvalue weighted by Crippen LogP contribution is 2.73. The maximum Gasteiger partial charge on any atom is 0.164 e. The van der Waals surface area contributed by atoms with Crippen LogP contribution in [0.25, 0.3) is 0 Å². The summed E-state index contributed by atoms with van der Waals surface area (Å²) in [6.45, 7) is 6.48. The van der Waals surface area contributed by atoms with E-state index in [1.165, 1.54) is 18.4 Å². The van der Waals surface area contributed by atoms with E-state index in [1.807, 2.05) is 6.08 Å². The lowest BCUT2D eigenvalue weighted by molar-refractivity contribution is -0.136. The SMILES string of the molecule is CC(=O)[C@@]12OC1CC1C3CCC4=CC(=O)CC[C@]4(C)C3CC[C@@]12C. The van der Waals surface area contributed by atoms with Gasteiger partial charge in [-0.15, -0.1) is 0 Å². The third-order valence-electron chi connectivity index (χ3n) is 8.92. The van der Waals surface area contributed by atoms with Gasteiger partial charge in [-0.05, 0) is 74.7 Å². The lowest BCUT2D eigenvalue weighted by Crippen LogP contribution is -2.54. The zero-order chi connectivity index (χ0) is 16.9. The van der Waals surface area contributed by atoms with E-state index in [0.717, 1.165) is 25.7 Å². The van der Waals surface area contributed by atoms with E-state index in [-0.39, 0.29) is 22.7 Å². The molecule has 0 bridgehead atoms. The molecule has 3 heteroatoms. The highest BCUT2D eigenvalue weighted by atomic mass is 16.6. The van der Waals surface area contributed by atoms with Crippen molar-refractivity contribution in [3.05, 3.63) is 11.6 Å². The second-order valence-corrected chi connectivity index (χ2v) is 9.56. The molecule has 4 fully saturated rings. The molecule has 0 N–H and O–H groups in total. The molecule has 4 aliphatic carbocycles. The quantitative estimate of drug-likeness (QED) is 0.687. The van der Waals surface area contributed by atoms with Crippen LogP contribution in [0.1, 0.15) is 65.7 Å². The molecule has 0 radical (unpaired) electrons. The standard InChI is InChI=1S/C21H28O3/c1-12(22)21-18(24-21)11-17-15-5-4-13-10-14(23)6-8-19(13,2)16(15)7-9-20(17,21)3/h10,15-18H,4-9,11H2,1-3H3/t15?,16?,17?,18?,19-,20-,21+/m0/s1. The van der Waals surface area contributed by atoms with Crippen molar-refractivity contribution in [1.82, 2.24) is 0 Å². The smallest absolute Gasteiger partial charge is 0.164 e. The molecule has 3 saturated carbocycles. The van der Waals surface area contributed by atoms with Crippen molar-refractivity contribution in [1.29, 1.82) is 0 Å². The van der Waals surface area contributed by atoms with Crippen LogP contribution in [0.15, 0.2) is 11.6 Å². The maximum absolute atomic E-state index is 12.4. The first-order valence-electron chi connectivity index (χ1n) is 9.76. The molecule has 1 heterocycles. The van der Waals surface area contributed by atoms with Crippen molar-refractivity contribution in [2.24, 2.45) is 28.6 Å². The van der Waals surface area contributed by atoms with Gasteiger partial charge in [0.25, 0.3) is 0 Å². The molecule has 0 aromatic heterocycles. The number of allylic oxidation sites excluding steroid dienone is 1. The third-order valence-corrected chi connectivity index (χ3v) is 8.92. The normalized spacial score (nSPS) is 55.0. The number of rotatable bonds is 1. The number of hydrogen-bond acceptors (Lipinski definition) is 3. The fraction of sp³-hybridized carbons (Fsp3) is 0.810. The van der Waals surface area contributed by atoms with Gasteiger partial charge in [-0.3, -0.25) is 9.59 Å². The highest BCUT2D eigenvalue weighted by molar-refractivity contribution is 5.92. The molecule has 5 rings (SSSR count). The summed E-state index contributed by atoms with van der Waals surface area (Å²) in [6.07, 6.45) is 9.53. The Morgan fingerprint density at radius 2 is 1.96 bits per heavy atom. The minimum atomic E-state index is -0.456. The largest absolute Gasteiger partial charge is 0.357 e. The molecule has 1 aliphatic heterocycles. The molecule has 7 atom stereocenters. The van der Waals surface area contributed by atoms with Gasteiger partial charge in [-0.1, -0.05) is 19.4 Å². The second kappa shape index (κ2) is 4.41. The molecule has 3 nitrogen and oxygen atoms in total. The zero-order valence-corrected chi connectivity index (χ0v) is 15.1. The number of carbonyl (C=O) groups is 2. The molecule has 0 aromatic rings. The number of Topliss-reactive ketones (excluding diaryl/α,β-unsaturated/α-hetero) is 1. The van der Waals surface area contributed by atoms with Crippen LogP contribution in [0.5, 0.6) is 0 Å². The van der Waals surface area contributed by atoms with E-state index < -0.39 is 5.60 Å². The number of fused-ring (bicyclic) bond motifs is 7. The van der Waals surface area contributed by atoms with Crippen LogP contribution in [0, 0.1) is 28.6 Å². The van der Waals surface area contributed by atoms with Gasteiger partial charge in [-0.25, -0.2) is 0 Å². The van der Waals surface area contributed by atoms with Crippen LogP contribution < -0.4 is 0 Å². The molecule has 5 aliphatic rings. The van der Waals surface area contributed by atoms with Gasteiger partial charge in [-0.2, -0.15) is 0 Å². The van der Waals surface area contributed by atoms with Gasteiger partial charge in [0.2, 0.25) is 0 Å². The fourth-order valence-electron chi connectivity index (χ4n) is 7.62. The van der Waals surface area contributed by atoms with E-state index in [4.69, 9.17) is 4.74 Å². The van der Waals surface area contributed by atoms with Crippen molar-refractivity contribution in [2.45, 2.75) is 77.4 Å². The van der Waals surface area contributed by atoms with Gasteiger partial charge < -0.3 is 4.74 Å². The fourth-order valence-corrected chi connectivity index (χ4v) is 7.62. The summed E-state index contributed by atoms with van der Waals surface area (Å²) >= 11 is 0. The molecular formula is C21H28O3. The number of ketones is 2. The van der Waals surface area contributed by atoms with Gasteiger partial charge in [0.1, 0.15) is 0 Å². The first kappa shape index (κ1) is 15.3. The maximum atomic E-state index is 12.4. The van der Waals surface area contributed by atoms with Crippen LogP contribution in [-0.4, -0.2) is 23.3 Å². The predicted molar refractivity (Wildman–Crippen MR) is 90.4 cm³/mol. The Labute approximate surface area is 144 Å². The Morgan fingerprint density at radius 3 is 2.71 bits per heavy atom. The topological polar surface area (TPSA) is 46.7 Å². The van der Waals surface area contributed by atoms with E-state index in [0.29, 0.717) is 30.0 Å². The average molecular weight is 328 g/mol.